The van der Waals surface area contributed by atoms with Crippen molar-refractivity contribution in [2.45, 2.75) is 360 Å². The fourth-order valence-corrected chi connectivity index (χ4v) is 12.1. The summed E-state index contributed by atoms with van der Waals surface area (Å²) in [6, 6.07) is 4.10. The number of aliphatic hydroxyl groups is 2. The van der Waals surface area contributed by atoms with E-state index in [1.165, 1.54) is 250 Å². The van der Waals surface area contributed by atoms with Crippen molar-refractivity contribution in [3.8, 4) is 17.2 Å². The van der Waals surface area contributed by atoms with Crippen LogP contribution in [0.5, 0.6) is 17.2 Å². The molecule has 4 atom stereocenters. The summed E-state index contributed by atoms with van der Waals surface area (Å²) in [7, 11) is 0. The van der Waals surface area contributed by atoms with Crippen LogP contribution < -0.4 is 25.5 Å². The second kappa shape index (κ2) is 53.0. The predicted molar refractivity (Wildman–Crippen MR) is 361 cm³/mol. The Hall–Kier alpha value is -4.41. The van der Waals surface area contributed by atoms with E-state index < -0.39 is 66.6 Å². The molecule has 1 fully saturated rings. The number of nitrogens with one attached hydrogen (secondary N) is 1. The highest BCUT2D eigenvalue weighted by Crippen LogP contribution is 2.42. The summed E-state index contributed by atoms with van der Waals surface area (Å²) >= 11 is 0. The number of esters is 3. The lowest BCUT2D eigenvalue weighted by Gasteiger charge is -2.31. The third-order valence-electron chi connectivity index (χ3n) is 17.6. The van der Waals surface area contributed by atoms with Crippen molar-refractivity contribution in [3.63, 3.8) is 0 Å². The summed E-state index contributed by atoms with van der Waals surface area (Å²) in [4.78, 5) is 66.6. The quantitative estimate of drug-likeness (QED) is 0.0243. The first kappa shape index (κ1) is 79.8. The summed E-state index contributed by atoms with van der Waals surface area (Å²) in [6.07, 6.45) is 56.1. The van der Waals surface area contributed by atoms with Crippen molar-refractivity contribution in [1.29, 1.82) is 0 Å². The van der Waals surface area contributed by atoms with Crippen LogP contribution in [0.15, 0.2) is 34.0 Å². The standard InChI is InChI=1S/C74H128N2O14/c1-5-8-11-14-17-20-23-26-29-32-35-38-41-44-47-50-55-84-64-58-63(72(81)87-61-68(80)90-74(83)66(60-77)89-71(70(74)88-62(4)78)76-54-53-67(79)75-73(76)82)59-65(85-56-51-48-45-42-39-36-33-30-27-24-21-18-15-12-9-6-2)69(64)86-57-52-49-46-43-40-37-34-31-28-25-22-19-16-13-10-7-3/h53-54,58-59,66,70-71,77,83H,5-52,55-57,60-61H2,1-4H3,(H,75,79,82)/t66-,70+,71-,74+/m1/s1. The lowest BCUT2D eigenvalue weighted by Crippen LogP contribution is -2.54. The molecule has 90 heavy (non-hydrogen) atoms. The van der Waals surface area contributed by atoms with Gasteiger partial charge < -0.3 is 43.4 Å². The van der Waals surface area contributed by atoms with Gasteiger partial charge >= 0.3 is 23.6 Å². The monoisotopic (exact) mass is 1270 g/mol. The van der Waals surface area contributed by atoms with Crippen LogP contribution in [0.1, 0.15) is 352 Å². The van der Waals surface area contributed by atoms with Crippen molar-refractivity contribution < 1.29 is 57.8 Å². The van der Waals surface area contributed by atoms with Crippen molar-refractivity contribution in [2.75, 3.05) is 33.0 Å². The van der Waals surface area contributed by atoms with Crippen LogP contribution in [0.2, 0.25) is 0 Å². The Labute approximate surface area is 544 Å². The summed E-state index contributed by atoms with van der Waals surface area (Å²) in [5, 5.41) is 22.1. The molecule has 0 unspecified atom stereocenters. The molecule has 3 rings (SSSR count). The molecule has 0 bridgehead atoms. The maximum Gasteiger partial charge on any atom is 0.347 e. The number of nitrogens with zero attached hydrogens (tertiary/aromatic N) is 1. The van der Waals surface area contributed by atoms with Crippen molar-refractivity contribution >= 4 is 17.9 Å². The number of benzene rings is 1. The average Bonchev–Trinajstić information content (AvgIpc) is 1.60. The van der Waals surface area contributed by atoms with E-state index in [2.05, 4.69) is 25.8 Å². The normalized spacial score (nSPS) is 16.4. The molecule has 2 heterocycles. The average molecular weight is 1270 g/mol. The molecule has 0 spiro atoms. The number of ether oxygens (including phenoxy) is 7. The number of aliphatic hydroxyl groups excluding tert-OH is 1. The fourth-order valence-electron chi connectivity index (χ4n) is 12.1. The van der Waals surface area contributed by atoms with Gasteiger partial charge in [-0.25, -0.2) is 14.4 Å². The first-order valence-corrected chi connectivity index (χ1v) is 36.9. The van der Waals surface area contributed by atoms with Crippen molar-refractivity contribution in [3.05, 3.63) is 50.8 Å². The minimum Gasteiger partial charge on any atom is -0.490 e. The highest BCUT2D eigenvalue weighted by Gasteiger charge is 2.62. The molecule has 1 aromatic carbocycles. The molecule has 1 aliphatic rings. The molecule has 518 valence electrons. The van der Waals surface area contributed by atoms with E-state index in [0.29, 0.717) is 37.1 Å². The highest BCUT2D eigenvalue weighted by molar-refractivity contribution is 5.92. The zero-order chi connectivity index (χ0) is 65.0. The first-order valence-electron chi connectivity index (χ1n) is 36.9. The van der Waals surface area contributed by atoms with E-state index in [1.54, 1.807) is 12.1 Å². The smallest absolute Gasteiger partial charge is 0.347 e. The topological polar surface area (TPSA) is 211 Å². The van der Waals surface area contributed by atoms with E-state index in [-0.39, 0.29) is 5.56 Å². The zero-order valence-corrected chi connectivity index (χ0v) is 57.3. The second-order valence-corrected chi connectivity index (χ2v) is 25.8. The van der Waals surface area contributed by atoms with Gasteiger partial charge in [-0.3, -0.25) is 19.1 Å². The molecular formula is C74H128N2O14. The SMILES string of the molecule is CCCCCCCCCCCCCCCCCCOc1cc(C(=O)OCC(=O)O[C@@]2(O)[C@@H](CO)O[C@@H](n3ccc(=O)[nH]c3=O)[C@@H]2OC(C)=O)cc(OCCCCCCCCCCCCCCCCCC)c1OCCCCCCCCCCCCCCCCCC. The van der Waals surface area contributed by atoms with Crippen LogP contribution in [-0.2, 0) is 28.5 Å². The van der Waals surface area contributed by atoms with Gasteiger partial charge in [0.2, 0.25) is 11.9 Å². The van der Waals surface area contributed by atoms with E-state index in [4.69, 9.17) is 33.2 Å². The van der Waals surface area contributed by atoms with Gasteiger partial charge in [0, 0.05) is 19.2 Å². The van der Waals surface area contributed by atoms with Crippen LogP contribution in [0, 0.1) is 0 Å². The Morgan fingerprint density at radius 1 is 0.511 bits per heavy atom. The van der Waals surface area contributed by atoms with Crippen LogP contribution in [0.3, 0.4) is 0 Å². The highest BCUT2D eigenvalue weighted by atomic mass is 16.7. The van der Waals surface area contributed by atoms with Crippen LogP contribution >= 0.6 is 0 Å². The number of aromatic nitrogens is 2. The van der Waals surface area contributed by atoms with Crippen LogP contribution in [0.4, 0.5) is 0 Å². The third kappa shape index (κ3) is 36.1. The van der Waals surface area contributed by atoms with Gasteiger partial charge in [-0.15, -0.1) is 0 Å². The molecule has 3 N–H and O–H groups in total. The van der Waals surface area contributed by atoms with Gasteiger partial charge in [-0.1, -0.05) is 310 Å². The zero-order valence-electron chi connectivity index (χ0n) is 57.3. The molecule has 1 aromatic heterocycles. The minimum absolute atomic E-state index is 0.0351. The van der Waals surface area contributed by atoms with Gasteiger partial charge in [0.15, 0.2) is 30.4 Å². The number of rotatable bonds is 61. The first-order chi connectivity index (χ1) is 44.0. The summed E-state index contributed by atoms with van der Waals surface area (Å²) in [5.74, 6) is -4.91. The molecule has 0 saturated carbocycles. The molecule has 16 nitrogen and oxygen atoms in total. The maximum absolute atomic E-state index is 14.1. The second-order valence-electron chi connectivity index (χ2n) is 25.8. The van der Waals surface area contributed by atoms with Crippen LogP contribution in [0.25, 0.3) is 0 Å². The van der Waals surface area contributed by atoms with Gasteiger partial charge in [-0.2, -0.15) is 0 Å². The Kier molecular flexibility index (Phi) is 47.0. The number of carbonyl (C=O) groups excluding carboxylic acids is 3. The lowest BCUT2D eigenvalue weighted by atomic mass is 10.0. The Balaban J connectivity index is 1.69. The maximum atomic E-state index is 14.1. The predicted octanol–water partition coefficient (Wildman–Crippen LogP) is 18.4. The Morgan fingerprint density at radius 2 is 0.844 bits per heavy atom. The molecule has 1 aliphatic heterocycles. The molecule has 16 heteroatoms. The number of carbonyl (C=O) groups is 3. The van der Waals surface area contributed by atoms with E-state index in [9.17, 15) is 34.2 Å². The number of unbranched alkanes of at least 4 members (excludes halogenated alkanes) is 45. The number of aromatic amines is 1. The number of hydrogen-bond acceptors (Lipinski definition) is 14. The van der Waals surface area contributed by atoms with E-state index in [0.717, 1.165) is 81.5 Å². The van der Waals surface area contributed by atoms with Gasteiger partial charge in [0.25, 0.3) is 11.3 Å². The molecular weight excluding hydrogens is 1140 g/mol. The number of H-pyrrole nitrogens is 1. The van der Waals surface area contributed by atoms with Crippen molar-refractivity contribution in [2.24, 2.45) is 0 Å². The lowest BCUT2D eigenvalue weighted by molar-refractivity contribution is -0.261. The van der Waals surface area contributed by atoms with Gasteiger partial charge in [0.05, 0.1) is 32.0 Å². The summed E-state index contributed by atoms with van der Waals surface area (Å²) in [6.45, 7) is 7.08. The molecule has 0 radical (unpaired) electrons. The molecule has 0 aliphatic carbocycles. The van der Waals surface area contributed by atoms with E-state index >= 15 is 0 Å². The Bertz CT molecular complexity index is 2170. The van der Waals surface area contributed by atoms with Gasteiger partial charge in [-0.05, 0) is 31.4 Å². The minimum atomic E-state index is -2.86. The summed E-state index contributed by atoms with van der Waals surface area (Å²) < 4.78 is 42.4. The molecule has 0 amide bonds. The van der Waals surface area contributed by atoms with Gasteiger partial charge in [0.1, 0.15) is 0 Å². The number of hydrogen-bond donors (Lipinski definition) is 3. The summed E-state index contributed by atoms with van der Waals surface area (Å²) in [5.41, 5.74) is -1.67. The van der Waals surface area contributed by atoms with Crippen molar-refractivity contribution in [1.82, 2.24) is 9.55 Å². The van der Waals surface area contributed by atoms with Crippen LogP contribution in [-0.4, -0.2) is 88.7 Å². The fraction of sp³-hybridized carbons (Fsp3) is 0.824. The Morgan fingerprint density at radius 3 is 1.17 bits per heavy atom. The largest absolute Gasteiger partial charge is 0.490 e. The molecule has 2 aromatic rings. The third-order valence-corrected chi connectivity index (χ3v) is 17.6. The van der Waals surface area contributed by atoms with E-state index in [1.807, 2.05) is 0 Å². The molecule has 1 saturated heterocycles.